The third-order valence-electron chi connectivity index (χ3n) is 5.83. The smallest absolute Gasteiger partial charge is 0.143 e. The number of aryl methyl sites for hydroxylation is 1. The molecule has 4 rings (SSSR count). The van der Waals surface area contributed by atoms with E-state index in [9.17, 15) is 0 Å². The molecule has 194 valence electrons. The van der Waals surface area contributed by atoms with Gasteiger partial charge in [-0.1, -0.05) is 59.6 Å². The van der Waals surface area contributed by atoms with Crippen molar-refractivity contribution in [2.24, 2.45) is 13.0 Å². The lowest BCUT2D eigenvalue weighted by atomic mass is 9.96. The van der Waals surface area contributed by atoms with Crippen molar-refractivity contribution in [2.45, 2.75) is 71.1 Å². The quantitative estimate of drug-likeness (QED) is 0.227. The Morgan fingerprint density at radius 1 is 1.20 bits per heavy atom. The molecule has 0 atom stereocenters. The Hall–Kier alpha value is -1.28. The van der Waals surface area contributed by atoms with Gasteiger partial charge in [0.2, 0.25) is 0 Å². The number of fused-ring (bicyclic) bond motifs is 1. The number of aromatic nitrogens is 3. The minimum atomic E-state index is 0.00976. The highest BCUT2D eigenvalue weighted by Gasteiger charge is 2.21. The maximum atomic E-state index is 5.96. The van der Waals surface area contributed by atoms with E-state index in [4.69, 9.17) is 21.3 Å². The number of imidazole rings is 1. The SMILES string of the molecule is CC.CCC1CCOCC1.CN(Sc1cnc(Cl)c(Br)c1)c1ccc2c(c1)nc(C(C)(C)C)n2C. The summed E-state index contributed by atoms with van der Waals surface area (Å²) in [6, 6.07) is 8.32. The van der Waals surface area contributed by atoms with Crippen LogP contribution < -0.4 is 4.31 Å². The predicted octanol–water partition coefficient (Wildman–Crippen LogP) is 8.67. The first kappa shape index (κ1) is 29.9. The van der Waals surface area contributed by atoms with Gasteiger partial charge < -0.3 is 13.6 Å². The summed E-state index contributed by atoms with van der Waals surface area (Å²) in [6.07, 6.45) is 5.68. The van der Waals surface area contributed by atoms with Crippen LogP contribution in [0.25, 0.3) is 11.0 Å². The first-order valence-electron chi connectivity index (χ1n) is 12.4. The van der Waals surface area contributed by atoms with Crippen molar-refractivity contribution in [3.05, 3.63) is 45.9 Å². The summed E-state index contributed by atoms with van der Waals surface area (Å²) in [7, 11) is 4.10. The molecule has 8 heteroatoms. The van der Waals surface area contributed by atoms with Gasteiger partial charge in [-0.3, -0.25) is 0 Å². The van der Waals surface area contributed by atoms with E-state index in [2.05, 4.69) is 82.7 Å². The van der Waals surface area contributed by atoms with Gasteiger partial charge in [0.25, 0.3) is 0 Å². The van der Waals surface area contributed by atoms with Gasteiger partial charge in [0, 0.05) is 49.5 Å². The summed E-state index contributed by atoms with van der Waals surface area (Å²) in [6.45, 7) is 14.8. The van der Waals surface area contributed by atoms with Crippen molar-refractivity contribution in [3.8, 4) is 0 Å². The van der Waals surface area contributed by atoms with Crippen molar-refractivity contribution < 1.29 is 4.74 Å². The number of halogens is 2. The standard InChI is InChI=1S/C18H20BrClN4S.C7H14O.C2H6/c1-18(2,3)17-22-14-8-11(6-7-15(14)23(17)4)24(5)25-12-9-13(19)16(20)21-10-12;1-2-7-3-5-8-6-4-7;1-2/h6-10H,1-5H3;7H,2-6H2,1H3;1-2H3. The number of hydrogen-bond acceptors (Lipinski definition) is 5. The number of nitrogens with zero attached hydrogens (tertiary/aromatic N) is 4. The Morgan fingerprint density at radius 2 is 1.86 bits per heavy atom. The second-order valence-corrected chi connectivity index (χ2v) is 11.8. The molecule has 2 aromatic heterocycles. The van der Waals surface area contributed by atoms with Crippen LogP contribution in [0, 0.1) is 5.92 Å². The van der Waals surface area contributed by atoms with Crippen LogP contribution >= 0.6 is 39.5 Å². The van der Waals surface area contributed by atoms with Crippen molar-refractivity contribution in [2.75, 3.05) is 24.6 Å². The normalized spacial score (nSPS) is 14.1. The van der Waals surface area contributed by atoms with E-state index < -0.39 is 0 Å². The zero-order valence-electron chi connectivity index (χ0n) is 22.4. The molecule has 0 amide bonds. The lowest BCUT2D eigenvalue weighted by Crippen LogP contribution is -2.17. The summed E-state index contributed by atoms with van der Waals surface area (Å²) < 4.78 is 10.3. The van der Waals surface area contributed by atoms with Crippen molar-refractivity contribution >= 4 is 56.2 Å². The van der Waals surface area contributed by atoms with Crippen LogP contribution in [-0.4, -0.2) is 34.8 Å². The number of rotatable bonds is 4. The molecule has 0 unspecified atom stereocenters. The van der Waals surface area contributed by atoms with Crippen molar-refractivity contribution in [1.82, 2.24) is 14.5 Å². The molecule has 3 heterocycles. The number of benzene rings is 1. The minimum Gasteiger partial charge on any atom is -0.381 e. The van der Waals surface area contributed by atoms with E-state index in [-0.39, 0.29) is 5.41 Å². The number of hydrogen-bond donors (Lipinski definition) is 0. The van der Waals surface area contributed by atoms with Crippen LogP contribution in [0.2, 0.25) is 5.15 Å². The average molecular weight is 584 g/mol. The lowest BCUT2D eigenvalue weighted by Gasteiger charge is -2.19. The lowest BCUT2D eigenvalue weighted by molar-refractivity contribution is 0.0654. The Kier molecular flexibility index (Phi) is 11.9. The zero-order valence-corrected chi connectivity index (χ0v) is 25.5. The van der Waals surface area contributed by atoms with Gasteiger partial charge in [-0.15, -0.1) is 0 Å². The van der Waals surface area contributed by atoms with Gasteiger partial charge in [-0.2, -0.15) is 0 Å². The molecule has 3 aromatic rings. The fourth-order valence-corrected chi connectivity index (χ4v) is 5.28. The first-order chi connectivity index (χ1) is 16.6. The van der Waals surface area contributed by atoms with E-state index in [0.29, 0.717) is 5.15 Å². The van der Waals surface area contributed by atoms with Crippen LogP contribution in [0.15, 0.2) is 39.8 Å². The summed E-state index contributed by atoms with van der Waals surface area (Å²) >= 11 is 11.0. The van der Waals surface area contributed by atoms with Crippen molar-refractivity contribution in [3.63, 3.8) is 0 Å². The van der Waals surface area contributed by atoms with Crippen LogP contribution in [0.3, 0.4) is 0 Å². The highest BCUT2D eigenvalue weighted by atomic mass is 79.9. The summed E-state index contributed by atoms with van der Waals surface area (Å²) in [5.41, 5.74) is 3.24. The highest BCUT2D eigenvalue weighted by Crippen LogP contribution is 2.33. The molecule has 1 aliphatic heterocycles. The Balaban J connectivity index is 0.000000363. The Bertz CT molecular complexity index is 1080. The van der Waals surface area contributed by atoms with Crippen LogP contribution in [0.4, 0.5) is 5.69 Å². The van der Waals surface area contributed by atoms with Gasteiger partial charge in [-0.25, -0.2) is 9.97 Å². The van der Waals surface area contributed by atoms with Gasteiger partial charge in [0.05, 0.1) is 15.5 Å². The molecule has 0 saturated carbocycles. The number of ether oxygens (including phenoxy) is 1. The summed E-state index contributed by atoms with van der Waals surface area (Å²) in [4.78, 5) is 10.0. The van der Waals surface area contributed by atoms with Gasteiger partial charge in [0.1, 0.15) is 11.0 Å². The average Bonchev–Trinajstić information content (AvgIpc) is 3.20. The van der Waals surface area contributed by atoms with Gasteiger partial charge in [0.15, 0.2) is 0 Å². The third-order valence-corrected chi connectivity index (χ3v) is 7.88. The zero-order chi connectivity index (χ0) is 26.2. The van der Waals surface area contributed by atoms with Crippen LogP contribution in [0.1, 0.15) is 66.6 Å². The second kappa shape index (κ2) is 13.9. The minimum absolute atomic E-state index is 0.00976. The molecule has 1 aromatic carbocycles. The van der Waals surface area contributed by atoms with E-state index in [1.54, 1.807) is 18.1 Å². The molecule has 5 nitrogen and oxygen atoms in total. The topological polar surface area (TPSA) is 43.2 Å². The highest BCUT2D eigenvalue weighted by molar-refractivity contribution is 9.10. The largest absolute Gasteiger partial charge is 0.381 e. The Morgan fingerprint density at radius 3 is 2.40 bits per heavy atom. The molecule has 35 heavy (non-hydrogen) atoms. The predicted molar refractivity (Wildman–Crippen MR) is 156 cm³/mol. The molecule has 1 aliphatic rings. The first-order valence-corrected chi connectivity index (χ1v) is 14.3. The summed E-state index contributed by atoms with van der Waals surface area (Å²) in [5.74, 6) is 2.05. The molecule has 0 N–H and O–H groups in total. The molecule has 0 spiro atoms. The van der Waals surface area contributed by atoms with E-state index in [1.807, 2.05) is 27.0 Å². The monoisotopic (exact) mass is 582 g/mol. The maximum Gasteiger partial charge on any atom is 0.143 e. The molecule has 1 saturated heterocycles. The van der Waals surface area contributed by atoms with Gasteiger partial charge in [-0.05, 0) is 70.9 Å². The third kappa shape index (κ3) is 8.38. The molecule has 0 aliphatic carbocycles. The fourth-order valence-electron chi connectivity index (χ4n) is 3.87. The van der Waals surface area contributed by atoms with Crippen LogP contribution in [-0.2, 0) is 17.2 Å². The molecule has 0 radical (unpaired) electrons. The second-order valence-electron chi connectivity index (χ2n) is 9.41. The van der Waals surface area contributed by atoms with Crippen LogP contribution in [0.5, 0.6) is 0 Å². The molecular formula is C27H40BrClN4OS. The molecular weight excluding hydrogens is 544 g/mol. The summed E-state index contributed by atoms with van der Waals surface area (Å²) in [5, 5.41) is 0.469. The van der Waals surface area contributed by atoms with E-state index in [0.717, 1.165) is 51.0 Å². The van der Waals surface area contributed by atoms with E-state index >= 15 is 0 Å². The van der Waals surface area contributed by atoms with Gasteiger partial charge >= 0.3 is 0 Å². The Labute approximate surface area is 229 Å². The fraction of sp³-hybridized carbons (Fsp3) is 0.556. The van der Waals surface area contributed by atoms with Crippen molar-refractivity contribution in [1.29, 1.82) is 0 Å². The molecule has 0 bridgehead atoms. The maximum absolute atomic E-state index is 5.96. The molecule has 1 fully saturated rings. The van der Waals surface area contributed by atoms with E-state index in [1.165, 1.54) is 19.3 Å². The number of anilines is 1. The number of pyridine rings is 1.